The molecule has 0 saturated carbocycles. The molecule has 0 amide bonds. The predicted octanol–water partition coefficient (Wildman–Crippen LogP) is 2.46. The van der Waals surface area contributed by atoms with E-state index in [0.717, 1.165) is 11.1 Å². The third kappa shape index (κ3) is 1.31. The Bertz CT molecular complexity index is 466. The SMILES string of the molecule is CC(C)c1ncnc2c(O)cccc12. The standard InChI is InChI=1S/C11H12N2O/c1-7(2)10-8-4-3-5-9(14)11(8)13-6-12-10/h3-7,14H,1-2H3. The first kappa shape index (κ1) is 8.94. The van der Waals surface area contributed by atoms with Gasteiger partial charge in [0.1, 0.15) is 17.6 Å². The molecule has 2 aromatic rings. The minimum absolute atomic E-state index is 0.215. The lowest BCUT2D eigenvalue weighted by Crippen LogP contribution is -1.95. The summed E-state index contributed by atoms with van der Waals surface area (Å²) in [4.78, 5) is 8.29. The van der Waals surface area contributed by atoms with Gasteiger partial charge in [0, 0.05) is 5.39 Å². The smallest absolute Gasteiger partial charge is 0.141 e. The number of fused-ring (bicyclic) bond motifs is 1. The van der Waals surface area contributed by atoms with Crippen LogP contribution in [-0.4, -0.2) is 15.1 Å². The molecular formula is C11H12N2O. The number of benzene rings is 1. The number of phenolic OH excluding ortho intramolecular Hbond substituents is 1. The molecule has 0 bridgehead atoms. The number of nitrogens with zero attached hydrogens (tertiary/aromatic N) is 2. The lowest BCUT2D eigenvalue weighted by atomic mass is 10.0. The average Bonchev–Trinajstić information content (AvgIpc) is 2.17. The Morgan fingerprint density at radius 2 is 2.00 bits per heavy atom. The molecular weight excluding hydrogens is 176 g/mol. The van der Waals surface area contributed by atoms with Gasteiger partial charge in [-0.25, -0.2) is 9.97 Å². The summed E-state index contributed by atoms with van der Waals surface area (Å²) in [5, 5.41) is 10.5. The summed E-state index contributed by atoms with van der Waals surface area (Å²) in [6.45, 7) is 4.15. The summed E-state index contributed by atoms with van der Waals surface area (Å²) in [7, 11) is 0. The number of aromatic hydroxyl groups is 1. The Balaban J connectivity index is 2.81. The van der Waals surface area contributed by atoms with Gasteiger partial charge in [0.05, 0.1) is 5.69 Å². The van der Waals surface area contributed by atoms with E-state index in [2.05, 4.69) is 23.8 Å². The number of aromatic nitrogens is 2. The highest BCUT2D eigenvalue weighted by Gasteiger charge is 2.08. The topological polar surface area (TPSA) is 46.0 Å². The molecule has 0 atom stereocenters. The molecule has 0 spiro atoms. The molecule has 0 unspecified atom stereocenters. The third-order valence-corrected chi connectivity index (χ3v) is 2.22. The fourth-order valence-corrected chi connectivity index (χ4v) is 1.55. The van der Waals surface area contributed by atoms with Crippen molar-refractivity contribution in [1.82, 2.24) is 9.97 Å². The Morgan fingerprint density at radius 1 is 1.21 bits per heavy atom. The summed E-state index contributed by atoms with van der Waals surface area (Å²) in [5.74, 6) is 0.550. The largest absolute Gasteiger partial charge is 0.506 e. The first-order valence-corrected chi connectivity index (χ1v) is 4.62. The molecule has 14 heavy (non-hydrogen) atoms. The lowest BCUT2D eigenvalue weighted by molar-refractivity contribution is 0.480. The number of hydrogen-bond donors (Lipinski definition) is 1. The van der Waals surface area contributed by atoms with Crippen LogP contribution in [-0.2, 0) is 0 Å². The van der Waals surface area contributed by atoms with Crippen LogP contribution in [0.5, 0.6) is 5.75 Å². The van der Waals surface area contributed by atoms with Gasteiger partial charge in [0.25, 0.3) is 0 Å². The summed E-state index contributed by atoms with van der Waals surface area (Å²) >= 11 is 0. The van der Waals surface area contributed by atoms with Crippen LogP contribution in [0.2, 0.25) is 0 Å². The highest BCUT2D eigenvalue weighted by atomic mass is 16.3. The van der Waals surface area contributed by atoms with Crippen LogP contribution in [0.25, 0.3) is 10.9 Å². The molecule has 1 N–H and O–H groups in total. The van der Waals surface area contributed by atoms with Crippen molar-refractivity contribution in [2.24, 2.45) is 0 Å². The van der Waals surface area contributed by atoms with Gasteiger partial charge >= 0.3 is 0 Å². The number of para-hydroxylation sites is 1. The molecule has 0 aliphatic heterocycles. The summed E-state index contributed by atoms with van der Waals surface area (Å²) in [6.07, 6.45) is 1.50. The molecule has 3 nitrogen and oxygen atoms in total. The van der Waals surface area contributed by atoms with Crippen molar-refractivity contribution >= 4 is 10.9 Å². The fourth-order valence-electron chi connectivity index (χ4n) is 1.55. The van der Waals surface area contributed by atoms with Gasteiger partial charge in [0.15, 0.2) is 0 Å². The second-order valence-electron chi connectivity index (χ2n) is 3.59. The number of rotatable bonds is 1. The van der Waals surface area contributed by atoms with Crippen molar-refractivity contribution in [2.45, 2.75) is 19.8 Å². The molecule has 0 fully saturated rings. The van der Waals surface area contributed by atoms with Crippen molar-refractivity contribution in [3.63, 3.8) is 0 Å². The Labute approximate surface area is 82.4 Å². The maximum atomic E-state index is 9.59. The monoisotopic (exact) mass is 188 g/mol. The van der Waals surface area contributed by atoms with Gasteiger partial charge < -0.3 is 5.11 Å². The average molecular weight is 188 g/mol. The van der Waals surface area contributed by atoms with Gasteiger partial charge in [-0.1, -0.05) is 26.0 Å². The van der Waals surface area contributed by atoms with Crippen molar-refractivity contribution in [2.75, 3.05) is 0 Å². The summed E-state index contributed by atoms with van der Waals surface area (Å²) in [5.41, 5.74) is 1.61. The van der Waals surface area contributed by atoms with Crippen LogP contribution >= 0.6 is 0 Å². The van der Waals surface area contributed by atoms with E-state index in [1.807, 2.05) is 12.1 Å². The van der Waals surface area contributed by atoms with Crippen LogP contribution in [0.4, 0.5) is 0 Å². The molecule has 2 rings (SSSR count). The Hall–Kier alpha value is -1.64. The predicted molar refractivity (Wildman–Crippen MR) is 55.3 cm³/mol. The Kier molecular flexibility index (Phi) is 2.08. The van der Waals surface area contributed by atoms with E-state index >= 15 is 0 Å². The molecule has 3 heteroatoms. The molecule has 72 valence electrons. The lowest BCUT2D eigenvalue weighted by Gasteiger charge is -2.07. The molecule has 0 radical (unpaired) electrons. The van der Waals surface area contributed by atoms with Gasteiger partial charge in [-0.15, -0.1) is 0 Å². The molecule has 0 aliphatic rings. The van der Waals surface area contributed by atoms with E-state index in [1.54, 1.807) is 6.07 Å². The van der Waals surface area contributed by atoms with Gasteiger partial charge in [-0.05, 0) is 12.0 Å². The van der Waals surface area contributed by atoms with E-state index in [1.165, 1.54) is 6.33 Å². The van der Waals surface area contributed by atoms with Crippen molar-refractivity contribution in [3.8, 4) is 5.75 Å². The zero-order valence-electron chi connectivity index (χ0n) is 8.23. The molecule has 0 saturated heterocycles. The van der Waals surface area contributed by atoms with Crippen LogP contribution in [0, 0.1) is 0 Å². The highest BCUT2D eigenvalue weighted by molar-refractivity contribution is 5.86. The molecule has 0 aliphatic carbocycles. The highest BCUT2D eigenvalue weighted by Crippen LogP contribution is 2.26. The first-order chi connectivity index (χ1) is 6.70. The van der Waals surface area contributed by atoms with Crippen LogP contribution < -0.4 is 0 Å². The quantitative estimate of drug-likeness (QED) is 0.747. The van der Waals surface area contributed by atoms with E-state index in [0.29, 0.717) is 11.4 Å². The molecule has 1 aromatic carbocycles. The molecule has 1 aromatic heterocycles. The van der Waals surface area contributed by atoms with E-state index in [-0.39, 0.29) is 5.75 Å². The second-order valence-corrected chi connectivity index (χ2v) is 3.59. The fraction of sp³-hybridized carbons (Fsp3) is 0.273. The summed E-state index contributed by atoms with van der Waals surface area (Å²) < 4.78 is 0. The Morgan fingerprint density at radius 3 is 2.71 bits per heavy atom. The third-order valence-electron chi connectivity index (χ3n) is 2.22. The maximum absolute atomic E-state index is 9.59. The van der Waals surface area contributed by atoms with Crippen LogP contribution in [0.15, 0.2) is 24.5 Å². The van der Waals surface area contributed by atoms with E-state index in [9.17, 15) is 5.11 Å². The maximum Gasteiger partial charge on any atom is 0.141 e. The van der Waals surface area contributed by atoms with Crippen molar-refractivity contribution in [1.29, 1.82) is 0 Å². The minimum atomic E-state index is 0.215. The van der Waals surface area contributed by atoms with E-state index < -0.39 is 0 Å². The van der Waals surface area contributed by atoms with Crippen LogP contribution in [0.3, 0.4) is 0 Å². The molecule has 1 heterocycles. The first-order valence-electron chi connectivity index (χ1n) is 4.62. The second kappa shape index (κ2) is 3.25. The van der Waals surface area contributed by atoms with Crippen LogP contribution in [0.1, 0.15) is 25.5 Å². The normalized spacial score (nSPS) is 11.1. The van der Waals surface area contributed by atoms with Gasteiger partial charge in [-0.2, -0.15) is 0 Å². The minimum Gasteiger partial charge on any atom is -0.506 e. The number of hydrogen-bond acceptors (Lipinski definition) is 3. The zero-order valence-corrected chi connectivity index (χ0v) is 8.23. The van der Waals surface area contributed by atoms with E-state index in [4.69, 9.17) is 0 Å². The number of phenols is 1. The summed E-state index contributed by atoms with van der Waals surface area (Å²) in [6, 6.07) is 5.39. The zero-order chi connectivity index (χ0) is 10.1. The van der Waals surface area contributed by atoms with Crippen molar-refractivity contribution in [3.05, 3.63) is 30.2 Å². The van der Waals surface area contributed by atoms with Gasteiger partial charge in [0.2, 0.25) is 0 Å². The van der Waals surface area contributed by atoms with Crippen molar-refractivity contribution < 1.29 is 5.11 Å². The van der Waals surface area contributed by atoms with Gasteiger partial charge in [-0.3, -0.25) is 0 Å².